The quantitative estimate of drug-likeness (QED) is 0.678. The maximum Gasteiger partial charge on any atom is 0.310 e. The number of phenolic OH excluding ortho intramolecular Hbond substituents is 1. The molecule has 1 aliphatic heterocycles. The molecule has 2 rings (SSSR count). The SMILES string of the molecule is CCOC(=O)C1CCCN(C(=S)c2ccc(O)c(OC)c2)C1. The van der Waals surface area contributed by atoms with Crippen molar-refractivity contribution in [1.29, 1.82) is 0 Å². The number of hydrogen-bond donors (Lipinski definition) is 1. The summed E-state index contributed by atoms with van der Waals surface area (Å²) in [5, 5.41) is 9.66. The lowest BCUT2D eigenvalue weighted by atomic mass is 9.97. The number of piperidine rings is 1. The van der Waals surface area contributed by atoms with Crippen molar-refractivity contribution in [2.24, 2.45) is 5.92 Å². The topological polar surface area (TPSA) is 59.0 Å². The molecule has 1 fully saturated rings. The van der Waals surface area contributed by atoms with Gasteiger partial charge < -0.3 is 19.5 Å². The molecule has 5 nitrogen and oxygen atoms in total. The van der Waals surface area contributed by atoms with Crippen molar-refractivity contribution in [2.45, 2.75) is 19.8 Å². The Labute approximate surface area is 135 Å². The lowest BCUT2D eigenvalue weighted by Gasteiger charge is -2.33. The molecular formula is C16H21NO4S. The largest absolute Gasteiger partial charge is 0.504 e. The van der Waals surface area contributed by atoms with Gasteiger partial charge in [0.25, 0.3) is 0 Å². The smallest absolute Gasteiger partial charge is 0.310 e. The molecule has 0 radical (unpaired) electrons. The standard InChI is InChI=1S/C16H21NO4S/c1-3-21-16(19)12-5-4-8-17(10-12)15(22)11-6-7-13(18)14(9-11)20-2/h6-7,9,12,18H,3-5,8,10H2,1-2H3. The van der Waals surface area contributed by atoms with Gasteiger partial charge in [-0.15, -0.1) is 0 Å². The number of methoxy groups -OCH3 is 1. The van der Waals surface area contributed by atoms with Crippen LogP contribution in [0.3, 0.4) is 0 Å². The van der Waals surface area contributed by atoms with Gasteiger partial charge in [0.1, 0.15) is 4.99 Å². The van der Waals surface area contributed by atoms with Gasteiger partial charge in [-0.25, -0.2) is 0 Å². The third-order valence-corrected chi connectivity index (χ3v) is 4.25. The van der Waals surface area contributed by atoms with Gasteiger partial charge in [0.05, 0.1) is 19.6 Å². The Morgan fingerprint density at radius 2 is 2.27 bits per heavy atom. The first-order valence-electron chi connectivity index (χ1n) is 7.39. The molecule has 6 heteroatoms. The minimum Gasteiger partial charge on any atom is -0.504 e. The van der Waals surface area contributed by atoms with Gasteiger partial charge in [0.2, 0.25) is 0 Å². The summed E-state index contributed by atoms with van der Waals surface area (Å²) in [6, 6.07) is 5.03. The fraction of sp³-hybridized carbons (Fsp3) is 0.500. The molecule has 1 heterocycles. The highest BCUT2D eigenvalue weighted by atomic mass is 32.1. The average Bonchev–Trinajstić information content (AvgIpc) is 2.55. The summed E-state index contributed by atoms with van der Waals surface area (Å²) in [6.07, 6.45) is 1.73. The lowest BCUT2D eigenvalue weighted by Crippen LogP contribution is -2.42. The number of aromatic hydroxyl groups is 1. The van der Waals surface area contributed by atoms with E-state index in [2.05, 4.69) is 0 Å². The van der Waals surface area contributed by atoms with Crippen molar-refractivity contribution in [2.75, 3.05) is 26.8 Å². The molecule has 120 valence electrons. The normalized spacial score (nSPS) is 17.9. The van der Waals surface area contributed by atoms with Gasteiger partial charge in [-0.3, -0.25) is 4.79 Å². The molecule has 1 saturated heterocycles. The molecule has 1 aliphatic rings. The van der Waals surface area contributed by atoms with Crippen LogP contribution in [0.5, 0.6) is 11.5 Å². The monoisotopic (exact) mass is 323 g/mol. The van der Waals surface area contributed by atoms with Crippen LogP contribution in [0.1, 0.15) is 25.3 Å². The Morgan fingerprint density at radius 3 is 2.95 bits per heavy atom. The molecule has 1 N–H and O–H groups in total. The number of carbonyl (C=O) groups is 1. The molecule has 0 bridgehead atoms. The van der Waals surface area contributed by atoms with Crippen LogP contribution in [-0.2, 0) is 9.53 Å². The van der Waals surface area contributed by atoms with E-state index < -0.39 is 0 Å². The maximum atomic E-state index is 11.9. The summed E-state index contributed by atoms with van der Waals surface area (Å²) in [7, 11) is 1.50. The van der Waals surface area contributed by atoms with Crippen molar-refractivity contribution >= 4 is 23.2 Å². The second kappa shape index (κ2) is 7.45. The van der Waals surface area contributed by atoms with Crippen molar-refractivity contribution < 1.29 is 19.4 Å². The highest BCUT2D eigenvalue weighted by Gasteiger charge is 2.28. The fourth-order valence-electron chi connectivity index (χ4n) is 2.61. The van der Waals surface area contributed by atoms with E-state index in [1.807, 2.05) is 11.8 Å². The third kappa shape index (κ3) is 3.68. The van der Waals surface area contributed by atoms with E-state index in [-0.39, 0.29) is 17.6 Å². The number of rotatable bonds is 4. The Bertz CT molecular complexity index is 561. The van der Waals surface area contributed by atoms with Gasteiger partial charge in [-0.05, 0) is 38.0 Å². The Morgan fingerprint density at radius 1 is 1.50 bits per heavy atom. The number of hydrogen-bond acceptors (Lipinski definition) is 5. The highest BCUT2D eigenvalue weighted by molar-refractivity contribution is 7.80. The molecule has 1 atom stereocenters. The van der Waals surface area contributed by atoms with Crippen LogP contribution in [0.2, 0.25) is 0 Å². The van der Waals surface area contributed by atoms with Gasteiger partial charge in [-0.2, -0.15) is 0 Å². The molecule has 1 unspecified atom stereocenters. The van der Waals surface area contributed by atoms with Crippen LogP contribution < -0.4 is 4.74 Å². The number of benzene rings is 1. The van der Waals surface area contributed by atoms with Crippen molar-refractivity contribution in [3.63, 3.8) is 0 Å². The summed E-state index contributed by atoms with van der Waals surface area (Å²) in [4.78, 5) is 14.6. The predicted octanol–water partition coefficient (Wildman–Crippen LogP) is 2.35. The van der Waals surface area contributed by atoms with Crippen molar-refractivity contribution in [3.8, 4) is 11.5 Å². The third-order valence-electron chi connectivity index (χ3n) is 3.76. The van der Waals surface area contributed by atoms with Crippen LogP contribution >= 0.6 is 12.2 Å². The van der Waals surface area contributed by atoms with Gasteiger partial charge in [-0.1, -0.05) is 12.2 Å². The first-order valence-corrected chi connectivity index (χ1v) is 7.80. The summed E-state index contributed by atoms with van der Waals surface area (Å²) in [5.74, 6) is 0.180. The van der Waals surface area contributed by atoms with E-state index in [0.29, 0.717) is 23.9 Å². The maximum absolute atomic E-state index is 11.9. The molecule has 0 aromatic heterocycles. The number of esters is 1. The number of carbonyl (C=O) groups excluding carboxylic acids is 1. The second-order valence-electron chi connectivity index (χ2n) is 5.23. The van der Waals surface area contributed by atoms with E-state index in [1.54, 1.807) is 18.2 Å². The first kappa shape index (κ1) is 16.5. The molecule has 22 heavy (non-hydrogen) atoms. The number of ether oxygens (including phenoxy) is 2. The minimum absolute atomic E-state index is 0.0806. The molecule has 0 spiro atoms. The summed E-state index contributed by atoms with van der Waals surface area (Å²) < 4.78 is 10.2. The van der Waals surface area contributed by atoms with Crippen LogP contribution in [-0.4, -0.2) is 47.8 Å². The zero-order valence-corrected chi connectivity index (χ0v) is 13.7. The Kier molecular flexibility index (Phi) is 5.60. The van der Waals surface area contributed by atoms with Crippen LogP contribution in [0.25, 0.3) is 0 Å². The average molecular weight is 323 g/mol. The van der Waals surface area contributed by atoms with Crippen LogP contribution in [0.15, 0.2) is 18.2 Å². The fourth-order valence-corrected chi connectivity index (χ4v) is 2.90. The molecule has 0 saturated carbocycles. The van der Waals surface area contributed by atoms with Gasteiger partial charge in [0, 0.05) is 18.7 Å². The Balaban J connectivity index is 2.10. The first-order chi connectivity index (χ1) is 10.6. The molecule has 0 aliphatic carbocycles. The van der Waals surface area contributed by atoms with Crippen LogP contribution in [0, 0.1) is 5.92 Å². The number of thiocarbonyl (C=S) groups is 1. The summed E-state index contributed by atoms with van der Waals surface area (Å²) >= 11 is 5.53. The number of likely N-dealkylation sites (tertiary alicyclic amines) is 1. The second-order valence-corrected chi connectivity index (χ2v) is 5.62. The lowest BCUT2D eigenvalue weighted by molar-refractivity contribution is -0.149. The van der Waals surface area contributed by atoms with E-state index >= 15 is 0 Å². The van der Waals surface area contributed by atoms with E-state index in [0.717, 1.165) is 24.9 Å². The Hall–Kier alpha value is -1.82. The van der Waals surface area contributed by atoms with Crippen molar-refractivity contribution in [3.05, 3.63) is 23.8 Å². The van der Waals surface area contributed by atoms with Gasteiger partial charge >= 0.3 is 5.97 Å². The van der Waals surface area contributed by atoms with E-state index in [9.17, 15) is 9.90 Å². The molecular weight excluding hydrogens is 302 g/mol. The van der Waals surface area contributed by atoms with E-state index in [4.69, 9.17) is 21.7 Å². The van der Waals surface area contributed by atoms with Crippen molar-refractivity contribution in [1.82, 2.24) is 4.90 Å². The minimum atomic E-state index is -0.154. The zero-order valence-electron chi connectivity index (χ0n) is 12.9. The van der Waals surface area contributed by atoms with Crippen LogP contribution in [0.4, 0.5) is 0 Å². The zero-order chi connectivity index (χ0) is 16.1. The molecule has 1 aromatic rings. The predicted molar refractivity (Wildman–Crippen MR) is 87.3 cm³/mol. The van der Waals surface area contributed by atoms with E-state index in [1.165, 1.54) is 7.11 Å². The number of nitrogens with zero attached hydrogens (tertiary/aromatic N) is 1. The summed E-state index contributed by atoms with van der Waals surface area (Å²) in [6.45, 7) is 3.60. The highest BCUT2D eigenvalue weighted by Crippen LogP contribution is 2.28. The molecule has 1 aromatic carbocycles. The van der Waals surface area contributed by atoms with Gasteiger partial charge in [0.15, 0.2) is 11.5 Å². The summed E-state index contributed by atoms with van der Waals surface area (Å²) in [5.41, 5.74) is 0.800. The molecule has 0 amide bonds. The number of phenols is 1.